The van der Waals surface area contributed by atoms with Crippen LogP contribution >= 0.6 is 11.6 Å². The summed E-state index contributed by atoms with van der Waals surface area (Å²) in [4.78, 5) is 24.6. The Morgan fingerprint density at radius 3 is 2.15 bits per heavy atom. The summed E-state index contributed by atoms with van der Waals surface area (Å²) < 4.78 is 0. The number of benzene rings is 2. The molecule has 1 N–H and O–H groups in total. The second kappa shape index (κ2) is 6.21. The summed E-state index contributed by atoms with van der Waals surface area (Å²) in [5.41, 5.74) is 0.925. The van der Waals surface area contributed by atoms with Crippen molar-refractivity contribution in [1.82, 2.24) is 0 Å². The summed E-state index contributed by atoms with van der Waals surface area (Å²) in [5, 5.41) is 9.49. The Balaban J connectivity index is 2.34. The van der Waals surface area contributed by atoms with Crippen molar-refractivity contribution in [2.45, 2.75) is 0 Å². The van der Waals surface area contributed by atoms with Crippen LogP contribution in [0.2, 0.25) is 5.02 Å². The summed E-state index contributed by atoms with van der Waals surface area (Å²) in [6.45, 7) is -0.397. The molecule has 0 aliphatic rings. The van der Waals surface area contributed by atoms with Gasteiger partial charge in [0, 0.05) is 16.3 Å². The van der Waals surface area contributed by atoms with Crippen LogP contribution in [0.25, 0.3) is 0 Å². The van der Waals surface area contributed by atoms with Gasteiger partial charge in [0.15, 0.2) is 0 Å². The second-order valence-electron chi connectivity index (χ2n) is 4.13. The fourth-order valence-corrected chi connectivity index (χ4v) is 1.90. The molecule has 0 radical (unpaired) electrons. The number of para-hydroxylation sites is 1. The van der Waals surface area contributed by atoms with E-state index < -0.39 is 12.5 Å². The number of anilines is 1. The molecule has 4 nitrogen and oxygen atoms in total. The molecule has 0 unspecified atom stereocenters. The molecule has 1 amide bonds. The van der Waals surface area contributed by atoms with Gasteiger partial charge in [-0.2, -0.15) is 0 Å². The van der Waals surface area contributed by atoms with Gasteiger partial charge >= 0.3 is 5.97 Å². The Labute approximate surface area is 121 Å². The van der Waals surface area contributed by atoms with Crippen LogP contribution in [0.15, 0.2) is 54.6 Å². The number of amides is 1. The van der Waals surface area contributed by atoms with Gasteiger partial charge in [-0.15, -0.1) is 0 Å². The van der Waals surface area contributed by atoms with Gasteiger partial charge in [0.2, 0.25) is 0 Å². The lowest BCUT2D eigenvalue weighted by atomic mass is 10.2. The summed E-state index contributed by atoms with van der Waals surface area (Å²) in [6, 6.07) is 15.0. The minimum Gasteiger partial charge on any atom is -0.480 e. The zero-order chi connectivity index (χ0) is 14.5. The standard InChI is InChI=1S/C15H12ClNO3/c16-12-8-6-11(7-9-12)15(20)17(10-14(18)19)13-4-2-1-3-5-13/h1-9H,10H2,(H,18,19). The monoisotopic (exact) mass is 289 g/mol. The maximum absolute atomic E-state index is 12.4. The molecule has 20 heavy (non-hydrogen) atoms. The number of carbonyl (C=O) groups is 2. The molecule has 5 heteroatoms. The highest BCUT2D eigenvalue weighted by Gasteiger charge is 2.20. The number of carboxylic acid groups (broad SMARTS) is 1. The van der Waals surface area contributed by atoms with Gasteiger partial charge in [-0.1, -0.05) is 29.8 Å². The van der Waals surface area contributed by atoms with Crippen molar-refractivity contribution in [3.05, 3.63) is 65.2 Å². The lowest BCUT2D eigenvalue weighted by Gasteiger charge is -2.20. The minimum absolute atomic E-state index is 0.379. The molecule has 0 aromatic heterocycles. The number of rotatable bonds is 4. The average molecular weight is 290 g/mol. The maximum Gasteiger partial charge on any atom is 0.323 e. The van der Waals surface area contributed by atoms with Crippen LogP contribution in [0, 0.1) is 0 Å². The highest BCUT2D eigenvalue weighted by atomic mass is 35.5. The van der Waals surface area contributed by atoms with E-state index in [-0.39, 0.29) is 5.91 Å². The van der Waals surface area contributed by atoms with E-state index in [2.05, 4.69) is 0 Å². The summed E-state index contributed by atoms with van der Waals surface area (Å²) in [5.74, 6) is -1.45. The van der Waals surface area contributed by atoms with Gasteiger partial charge in [0.25, 0.3) is 5.91 Å². The van der Waals surface area contributed by atoms with Crippen molar-refractivity contribution in [1.29, 1.82) is 0 Å². The number of halogens is 1. The molecule has 0 spiro atoms. The van der Waals surface area contributed by atoms with Gasteiger partial charge in [0.05, 0.1) is 0 Å². The Bertz CT molecular complexity index is 611. The minimum atomic E-state index is -1.07. The quantitative estimate of drug-likeness (QED) is 0.941. The first-order chi connectivity index (χ1) is 9.58. The van der Waals surface area contributed by atoms with Crippen molar-refractivity contribution in [3.63, 3.8) is 0 Å². The van der Waals surface area contributed by atoms with E-state index in [1.54, 1.807) is 54.6 Å². The fourth-order valence-electron chi connectivity index (χ4n) is 1.77. The molecule has 0 saturated carbocycles. The van der Waals surface area contributed by atoms with Crippen molar-refractivity contribution in [3.8, 4) is 0 Å². The van der Waals surface area contributed by atoms with E-state index in [0.29, 0.717) is 16.3 Å². The first-order valence-electron chi connectivity index (χ1n) is 5.92. The largest absolute Gasteiger partial charge is 0.480 e. The van der Waals surface area contributed by atoms with Crippen molar-refractivity contribution < 1.29 is 14.7 Å². The van der Waals surface area contributed by atoms with E-state index in [9.17, 15) is 9.59 Å². The third kappa shape index (κ3) is 3.36. The molecule has 0 bridgehead atoms. The van der Waals surface area contributed by atoms with Crippen molar-refractivity contribution in [2.24, 2.45) is 0 Å². The Morgan fingerprint density at radius 2 is 1.60 bits per heavy atom. The topological polar surface area (TPSA) is 57.6 Å². The number of aliphatic carboxylic acids is 1. The maximum atomic E-state index is 12.4. The molecule has 0 saturated heterocycles. The zero-order valence-electron chi connectivity index (χ0n) is 10.5. The van der Waals surface area contributed by atoms with Crippen LogP contribution in [-0.2, 0) is 4.79 Å². The highest BCUT2D eigenvalue weighted by molar-refractivity contribution is 6.30. The summed E-state index contributed by atoms with van der Waals surface area (Å²) in [6.07, 6.45) is 0. The van der Waals surface area contributed by atoms with Gasteiger partial charge in [-0.3, -0.25) is 14.5 Å². The van der Waals surface area contributed by atoms with Crippen molar-refractivity contribution in [2.75, 3.05) is 11.4 Å². The molecule has 2 aromatic rings. The van der Waals surface area contributed by atoms with Gasteiger partial charge in [0.1, 0.15) is 6.54 Å². The van der Waals surface area contributed by atoms with Crippen LogP contribution in [0.4, 0.5) is 5.69 Å². The third-order valence-corrected chi connectivity index (χ3v) is 2.95. The Hall–Kier alpha value is -2.33. The van der Waals surface area contributed by atoms with Crippen LogP contribution in [0.5, 0.6) is 0 Å². The van der Waals surface area contributed by atoms with E-state index >= 15 is 0 Å². The molecule has 2 rings (SSSR count). The van der Waals surface area contributed by atoms with Gasteiger partial charge < -0.3 is 5.11 Å². The number of carboxylic acids is 1. The predicted molar refractivity (Wildman–Crippen MR) is 77.2 cm³/mol. The molecule has 0 fully saturated rings. The summed E-state index contributed by atoms with van der Waals surface area (Å²) in [7, 11) is 0. The fraction of sp³-hybridized carbons (Fsp3) is 0.0667. The molecular weight excluding hydrogens is 278 g/mol. The molecule has 2 aromatic carbocycles. The molecule has 0 heterocycles. The van der Waals surface area contributed by atoms with Crippen LogP contribution in [0.1, 0.15) is 10.4 Å². The first-order valence-corrected chi connectivity index (χ1v) is 6.30. The number of hydrogen-bond acceptors (Lipinski definition) is 2. The average Bonchev–Trinajstić information content (AvgIpc) is 2.45. The smallest absolute Gasteiger partial charge is 0.323 e. The number of hydrogen-bond donors (Lipinski definition) is 1. The number of carbonyl (C=O) groups excluding carboxylic acids is 1. The second-order valence-corrected chi connectivity index (χ2v) is 4.56. The molecule has 0 aliphatic heterocycles. The van der Waals surface area contributed by atoms with E-state index in [4.69, 9.17) is 16.7 Å². The summed E-state index contributed by atoms with van der Waals surface area (Å²) >= 11 is 5.78. The molecule has 0 atom stereocenters. The van der Waals surface area contributed by atoms with Crippen LogP contribution < -0.4 is 4.90 Å². The normalized spacial score (nSPS) is 10.1. The van der Waals surface area contributed by atoms with Crippen molar-refractivity contribution >= 4 is 29.2 Å². The van der Waals surface area contributed by atoms with E-state index in [0.717, 1.165) is 0 Å². The lowest BCUT2D eigenvalue weighted by Crippen LogP contribution is -2.35. The van der Waals surface area contributed by atoms with Crippen LogP contribution in [-0.4, -0.2) is 23.5 Å². The van der Waals surface area contributed by atoms with Gasteiger partial charge in [-0.05, 0) is 36.4 Å². The Kier molecular flexibility index (Phi) is 4.38. The SMILES string of the molecule is O=C(O)CN(C(=O)c1ccc(Cl)cc1)c1ccccc1. The Morgan fingerprint density at radius 1 is 1.00 bits per heavy atom. The molecule has 102 valence electrons. The predicted octanol–water partition coefficient (Wildman–Crippen LogP) is 3.07. The lowest BCUT2D eigenvalue weighted by molar-refractivity contribution is -0.135. The number of nitrogens with zero attached hydrogens (tertiary/aromatic N) is 1. The highest BCUT2D eigenvalue weighted by Crippen LogP contribution is 2.18. The molecule has 0 aliphatic carbocycles. The van der Waals surface area contributed by atoms with E-state index in [1.165, 1.54) is 4.90 Å². The zero-order valence-corrected chi connectivity index (χ0v) is 11.2. The third-order valence-electron chi connectivity index (χ3n) is 2.70. The first kappa shape index (κ1) is 14.1. The van der Waals surface area contributed by atoms with Crippen LogP contribution in [0.3, 0.4) is 0 Å². The van der Waals surface area contributed by atoms with E-state index in [1.807, 2.05) is 0 Å². The van der Waals surface area contributed by atoms with Gasteiger partial charge in [-0.25, -0.2) is 0 Å². The molecular formula is C15H12ClNO3.